The van der Waals surface area contributed by atoms with Gasteiger partial charge < -0.3 is 20.5 Å². The minimum atomic E-state index is -1.48. The van der Waals surface area contributed by atoms with Gasteiger partial charge in [-0.25, -0.2) is 9.37 Å². The zero-order chi connectivity index (χ0) is 18.8. The van der Waals surface area contributed by atoms with Crippen molar-refractivity contribution in [1.29, 1.82) is 0 Å². The van der Waals surface area contributed by atoms with E-state index in [4.69, 9.17) is 15.2 Å². The molecule has 1 aromatic carbocycles. The SMILES string of the molecule is COc1cc2c(OCC[C@H]3NC(=O)[C@H](F)[C@H]3C)nccc2cc1C(N)=O. The summed E-state index contributed by atoms with van der Waals surface area (Å²) in [5.74, 6) is -0.862. The van der Waals surface area contributed by atoms with Gasteiger partial charge in [0.2, 0.25) is 5.88 Å². The van der Waals surface area contributed by atoms with Crippen molar-refractivity contribution in [3.8, 4) is 11.6 Å². The lowest BCUT2D eigenvalue weighted by atomic mass is 9.99. The molecule has 1 saturated heterocycles. The Hall–Kier alpha value is -2.90. The van der Waals surface area contributed by atoms with Gasteiger partial charge in [-0.3, -0.25) is 9.59 Å². The molecule has 0 spiro atoms. The molecule has 3 N–H and O–H groups in total. The Labute approximate surface area is 149 Å². The van der Waals surface area contributed by atoms with Crippen LogP contribution in [-0.4, -0.2) is 42.7 Å². The van der Waals surface area contributed by atoms with Crippen LogP contribution in [0.3, 0.4) is 0 Å². The summed E-state index contributed by atoms with van der Waals surface area (Å²) >= 11 is 0. The first kappa shape index (κ1) is 17.9. The fourth-order valence-electron chi connectivity index (χ4n) is 3.11. The van der Waals surface area contributed by atoms with E-state index in [1.807, 2.05) is 0 Å². The molecule has 1 aromatic heterocycles. The number of pyridine rings is 1. The summed E-state index contributed by atoms with van der Waals surface area (Å²) in [7, 11) is 1.45. The predicted octanol–water partition coefficient (Wildman–Crippen LogP) is 1.58. The molecule has 26 heavy (non-hydrogen) atoms. The Morgan fingerprint density at radius 3 is 2.81 bits per heavy atom. The van der Waals surface area contributed by atoms with E-state index in [-0.39, 0.29) is 18.2 Å². The Balaban J connectivity index is 1.78. The molecule has 2 amide bonds. The van der Waals surface area contributed by atoms with E-state index in [0.29, 0.717) is 23.4 Å². The number of nitrogens with one attached hydrogen (secondary N) is 1. The number of rotatable bonds is 6. The van der Waals surface area contributed by atoms with Gasteiger partial charge in [0.15, 0.2) is 6.17 Å². The Kier molecular flexibility index (Phi) is 4.92. The maximum absolute atomic E-state index is 13.6. The standard InChI is InChI=1S/C18H20FN3O4/c1-9-13(22-17(24)15(9)19)4-6-26-18-11-8-14(25-2)12(16(20)23)7-10(11)3-5-21-18/h3,5,7-9,13,15H,4,6H2,1-2H3,(H2,20,23)(H,22,24)/t9-,13+,15+/m0/s1. The Morgan fingerprint density at radius 2 is 2.19 bits per heavy atom. The molecule has 1 aliphatic heterocycles. The van der Waals surface area contributed by atoms with E-state index >= 15 is 0 Å². The zero-order valence-electron chi connectivity index (χ0n) is 14.5. The third kappa shape index (κ3) is 3.26. The van der Waals surface area contributed by atoms with Crippen molar-refractivity contribution in [1.82, 2.24) is 10.3 Å². The summed E-state index contributed by atoms with van der Waals surface area (Å²) in [4.78, 5) is 27.1. The zero-order valence-corrected chi connectivity index (χ0v) is 14.5. The van der Waals surface area contributed by atoms with Gasteiger partial charge in [-0.05, 0) is 23.6 Å². The van der Waals surface area contributed by atoms with Gasteiger partial charge in [-0.15, -0.1) is 0 Å². The number of amides is 2. The lowest BCUT2D eigenvalue weighted by molar-refractivity contribution is -0.123. The molecular formula is C18H20FN3O4. The number of benzene rings is 1. The van der Waals surface area contributed by atoms with Crippen LogP contribution in [0.4, 0.5) is 4.39 Å². The third-order valence-electron chi connectivity index (χ3n) is 4.66. The quantitative estimate of drug-likeness (QED) is 0.813. The fourth-order valence-corrected chi connectivity index (χ4v) is 3.11. The maximum Gasteiger partial charge on any atom is 0.255 e. The summed E-state index contributed by atoms with van der Waals surface area (Å²) in [6.07, 6.45) is 0.543. The van der Waals surface area contributed by atoms with Gasteiger partial charge in [0.05, 0.1) is 19.3 Å². The van der Waals surface area contributed by atoms with E-state index in [0.717, 1.165) is 5.39 Å². The number of nitrogens with two attached hydrogens (primary N) is 1. The molecule has 0 unspecified atom stereocenters. The van der Waals surface area contributed by atoms with Crippen molar-refractivity contribution in [3.05, 3.63) is 30.0 Å². The molecule has 0 radical (unpaired) electrons. The highest BCUT2D eigenvalue weighted by atomic mass is 19.1. The largest absolute Gasteiger partial charge is 0.496 e. The summed E-state index contributed by atoms with van der Waals surface area (Å²) in [6, 6.07) is 4.73. The van der Waals surface area contributed by atoms with Gasteiger partial charge in [-0.1, -0.05) is 6.92 Å². The smallest absolute Gasteiger partial charge is 0.255 e. The summed E-state index contributed by atoms with van der Waals surface area (Å²) in [5.41, 5.74) is 5.65. The van der Waals surface area contributed by atoms with Crippen LogP contribution in [0.2, 0.25) is 0 Å². The molecule has 0 bridgehead atoms. The summed E-state index contributed by atoms with van der Waals surface area (Å²) in [5, 5.41) is 4.03. The van der Waals surface area contributed by atoms with Crippen LogP contribution in [0, 0.1) is 5.92 Å². The highest BCUT2D eigenvalue weighted by Gasteiger charge is 2.39. The van der Waals surface area contributed by atoms with Crippen LogP contribution in [-0.2, 0) is 4.79 Å². The molecule has 2 heterocycles. The van der Waals surface area contributed by atoms with Gasteiger partial charge in [0, 0.05) is 30.0 Å². The van der Waals surface area contributed by atoms with Gasteiger partial charge in [0.1, 0.15) is 5.75 Å². The number of carbonyl (C=O) groups excluding carboxylic acids is 2. The van der Waals surface area contributed by atoms with Crippen molar-refractivity contribution in [3.63, 3.8) is 0 Å². The predicted molar refractivity (Wildman–Crippen MR) is 92.9 cm³/mol. The molecule has 1 fully saturated rings. The average Bonchev–Trinajstić information content (AvgIpc) is 2.87. The highest BCUT2D eigenvalue weighted by Crippen LogP contribution is 2.31. The first-order valence-corrected chi connectivity index (χ1v) is 8.26. The summed E-state index contributed by atoms with van der Waals surface area (Å²) in [6.45, 7) is 1.95. The second-order valence-electron chi connectivity index (χ2n) is 6.27. The van der Waals surface area contributed by atoms with E-state index in [1.54, 1.807) is 31.3 Å². The molecule has 3 atom stereocenters. The minimum Gasteiger partial charge on any atom is -0.496 e. The van der Waals surface area contributed by atoms with Crippen LogP contribution >= 0.6 is 0 Å². The van der Waals surface area contributed by atoms with Gasteiger partial charge >= 0.3 is 0 Å². The molecule has 138 valence electrons. The van der Waals surface area contributed by atoms with Crippen molar-refractivity contribution in [2.75, 3.05) is 13.7 Å². The first-order chi connectivity index (χ1) is 12.4. The third-order valence-corrected chi connectivity index (χ3v) is 4.66. The lowest BCUT2D eigenvalue weighted by Crippen LogP contribution is -2.29. The van der Waals surface area contributed by atoms with Gasteiger partial charge in [-0.2, -0.15) is 0 Å². The van der Waals surface area contributed by atoms with E-state index in [9.17, 15) is 14.0 Å². The Morgan fingerprint density at radius 1 is 1.42 bits per heavy atom. The van der Waals surface area contributed by atoms with Crippen molar-refractivity contribution in [2.24, 2.45) is 11.7 Å². The summed E-state index contributed by atoms with van der Waals surface area (Å²) < 4.78 is 24.6. The van der Waals surface area contributed by atoms with Crippen LogP contribution in [0.5, 0.6) is 11.6 Å². The number of methoxy groups -OCH3 is 1. The number of nitrogens with zero attached hydrogens (tertiary/aromatic N) is 1. The minimum absolute atomic E-state index is 0.258. The molecular weight excluding hydrogens is 341 g/mol. The van der Waals surface area contributed by atoms with Crippen LogP contribution in [0.1, 0.15) is 23.7 Å². The molecule has 2 aromatic rings. The number of fused-ring (bicyclic) bond motifs is 1. The van der Waals surface area contributed by atoms with Crippen LogP contribution < -0.4 is 20.5 Å². The number of carbonyl (C=O) groups is 2. The first-order valence-electron chi connectivity index (χ1n) is 8.26. The number of hydrogen-bond donors (Lipinski definition) is 2. The van der Waals surface area contributed by atoms with Gasteiger partial charge in [0.25, 0.3) is 11.8 Å². The number of primary amides is 1. The number of aromatic nitrogens is 1. The number of alkyl halides is 1. The topological polar surface area (TPSA) is 104 Å². The highest BCUT2D eigenvalue weighted by molar-refractivity contribution is 6.01. The molecule has 0 aliphatic carbocycles. The number of hydrogen-bond acceptors (Lipinski definition) is 5. The fraction of sp³-hybridized carbons (Fsp3) is 0.389. The second-order valence-corrected chi connectivity index (χ2v) is 6.27. The molecule has 0 saturated carbocycles. The molecule has 8 heteroatoms. The average molecular weight is 361 g/mol. The lowest BCUT2D eigenvalue weighted by Gasteiger charge is -2.16. The normalized spacial score (nSPS) is 22.3. The van der Waals surface area contributed by atoms with E-state index in [2.05, 4.69) is 10.3 Å². The molecule has 1 aliphatic rings. The van der Waals surface area contributed by atoms with Crippen molar-refractivity contribution < 1.29 is 23.5 Å². The van der Waals surface area contributed by atoms with Crippen LogP contribution in [0.25, 0.3) is 10.8 Å². The monoisotopic (exact) mass is 361 g/mol. The Bertz CT molecular complexity index is 858. The van der Waals surface area contributed by atoms with Crippen LogP contribution in [0.15, 0.2) is 24.4 Å². The second kappa shape index (κ2) is 7.15. The molecule has 3 rings (SSSR count). The number of halogens is 1. The van der Waals surface area contributed by atoms with Crippen molar-refractivity contribution in [2.45, 2.75) is 25.6 Å². The van der Waals surface area contributed by atoms with E-state index < -0.39 is 23.9 Å². The number of ether oxygens (including phenoxy) is 2. The van der Waals surface area contributed by atoms with E-state index in [1.165, 1.54) is 7.11 Å². The maximum atomic E-state index is 13.6. The molecule has 7 nitrogen and oxygen atoms in total. The van der Waals surface area contributed by atoms with Crippen molar-refractivity contribution >= 4 is 22.6 Å².